The van der Waals surface area contributed by atoms with E-state index in [-0.39, 0.29) is 6.54 Å². The molecule has 86 valence electrons. The fourth-order valence-corrected chi connectivity index (χ4v) is 1.54. The Morgan fingerprint density at radius 2 is 2.33 bits per heavy atom. The summed E-state index contributed by atoms with van der Waals surface area (Å²) in [6.07, 6.45) is 2.55. The molecule has 0 aliphatic heterocycles. The van der Waals surface area contributed by atoms with Gasteiger partial charge in [0.05, 0.1) is 13.3 Å². The summed E-state index contributed by atoms with van der Waals surface area (Å²) in [5.74, 6) is 0.582. The number of aliphatic hydroxyl groups is 1. The molecule has 0 aromatic carbocycles. The number of nitrogens with zero attached hydrogens (tertiary/aromatic N) is 2. The molecular formula is C10H19N3O2. The summed E-state index contributed by atoms with van der Waals surface area (Å²) in [4.78, 5) is 0. The number of aromatic nitrogens is 2. The normalized spacial score (nSPS) is 15.0. The highest BCUT2D eigenvalue weighted by Crippen LogP contribution is 2.28. The molecule has 0 saturated heterocycles. The largest absolute Gasteiger partial charge is 0.493 e. The number of rotatable bonds is 5. The van der Waals surface area contributed by atoms with E-state index < -0.39 is 5.60 Å². The van der Waals surface area contributed by atoms with Crippen molar-refractivity contribution in [2.45, 2.75) is 32.4 Å². The molecule has 5 heteroatoms. The van der Waals surface area contributed by atoms with Crippen LogP contribution in [-0.4, -0.2) is 28.5 Å². The Morgan fingerprint density at radius 1 is 1.67 bits per heavy atom. The average Bonchev–Trinajstić information content (AvgIpc) is 2.62. The summed E-state index contributed by atoms with van der Waals surface area (Å²) < 4.78 is 6.90. The standard InChI is InChI=1S/C10H19N3O2/c1-4-5-13-9(10(2,14)7-11)8(15-3)6-12-13/h6,14H,4-5,7,11H2,1-3H3. The zero-order chi connectivity index (χ0) is 11.5. The zero-order valence-electron chi connectivity index (χ0n) is 9.53. The minimum Gasteiger partial charge on any atom is -0.493 e. The van der Waals surface area contributed by atoms with E-state index in [0.29, 0.717) is 11.4 Å². The highest BCUT2D eigenvalue weighted by Gasteiger charge is 2.29. The minimum atomic E-state index is -1.10. The summed E-state index contributed by atoms with van der Waals surface area (Å²) in [6, 6.07) is 0. The van der Waals surface area contributed by atoms with E-state index >= 15 is 0 Å². The third-order valence-electron chi connectivity index (χ3n) is 2.37. The molecule has 0 aliphatic rings. The molecule has 0 radical (unpaired) electrons. The lowest BCUT2D eigenvalue weighted by Crippen LogP contribution is -2.34. The first-order valence-corrected chi connectivity index (χ1v) is 5.09. The second-order valence-corrected chi connectivity index (χ2v) is 3.76. The van der Waals surface area contributed by atoms with Crippen molar-refractivity contribution in [3.63, 3.8) is 0 Å². The van der Waals surface area contributed by atoms with Gasteiger partial charge in [0.2, 0.25) is 0 Å². The molecule has 1 aromatic rings. The monoisotopic (exact) mass is 213 g/mol. The van der Waals surface area contributed by atoms with Gasteiger partial charge in [-0.25, -0.2) is 0 Å². The van der Waals surface area contributed by atoms with E-state index in [1.165, 1.54) is 0 Å². The third kappa shape index (κ3) is 2.30. The molecule has 5 nitrogen and oxygen atoms in total. The molecular weight excluding hydrogens is 194 g/mol. The van der Waals surface area contributed by atoms with Crippen LogP contribution < -0.4 is 10.5 Å². The van der Waals surface area contributed by atoms with Gasteiger partial charge >= 0.3 is 0 Å². The predicted octanol–water partition coefficient (Wildman–Crippen LogP) is 0.468. The van der Waals surface area contributed by atoms with Gasteiger partial charge in [0.1, 0.15) is 11.3 Å². The highest BCUT2D eigenvalue weighted by molar-refractivity contribution is 5.30. The highest BCUT2D eigenvalue weighted by atomic mass is 16.5. The maximum atomic E-state index is 10.1. The van der Waals surface area contributed by atoms with Crippen LogP contribution in [0.25, 0.3) is 0 Å². The first-order chi connectivity index (χ1) is 7.06. The van der Waals surface area contributed by atoms with Crippen molar-refractivity contribution >= 4 is 0 Å². The van der Waals surface area contributed by atoms with Crippen molar-refractivity contribution in [3.8, 4) is 5.75 Å². The van der Waals surface area contributed by atoms with E-state index in [1.54, 1.807) is 24.9 Å². The van der Waals surface area contributed by atoms with Crippen LogP contribution in [0.3, 0.4) is 0 Å². The lowest BCUT2D eigenvalue weighted by atomic mass is 10.0. The fraction of sp³-hybridized carbons (Fsp3) is 0.700. The van der Waals surface area contributed by atoms with Gasteiger partial charge in [-0.1, -0.05) is 6.92 Å². The molecule has 1 unspecified atom stereocenters. The third-order valence-corrected chi connectivity index (χ3v) is 2.37. The van der Waals surface area contributed by atoms with Gasteiger partial charge < -0.3 is 15.6 Å². The van der Waals surface area contributed by atoms with E-state index in [0.717, 1.165) is 13.0 Å². The lowest BCUT2D eigenvalue weighted by Gasteiger charge is -2.23. The van der Waals surface area contributed by atoms with Gasteiger partial charge in [0.15, 0.2) is 5.75 Å². The second kappa shape index (κ2) is 4.63. The molecule has 3 N–H and O–H groups in total. The number of hydrogen-bond acceptors (Lipinski definition) is 4. The lowest BCUT2D eigenvalue weighted by molar-refractivity contribution is 0.0540. The summed E-state index contributed by atoms with van der Waals surface area (Å²) in [6.45, 7) is 4.60. The molecule has 1 rings (SSSR count). The summed E-state index contributed by atoms with van der Waals surface area (Å²) >= 11 is 0. The van der Waals surface area contributed by atoms with E-state index in [2.05, 4.69) is 12.0 Å². The summed E-state index contributed by atoms with van der Waals surface area (Å²) in [5.41, 5.74) is 5.09. The van der Waals surface area contributed by atoms with Crippen molar-refractivity contribution in [1.29, 1.82) is 0 Å². The van der Waals surface area contributed by atoms with Crippen molar-refractivity contribution < 1.29 is 9.84 Å². The van der Waals surface area contributed by atoms with E-state index in [4.69, 9.17) is 10.5 Å². The molecule has 0 aliphatic carbocycles. The Balaban J connectivity index is 3.15. The predicted molar refractivity (Wildman–Crippen MR) is 57.7 cm³/mol. The molecule has 0 bridgehead atoms. The van der Waals surface area contributed by atoms with Crippen molar-refractivity contribution in [1.82, 2.24) is 9.78 Å². The van der Waals surface area contributed by atoms with Crippen LogP contribution in [0.2, 0.25) is 0 Å². The van der Waals surface area contributed by atoms with Crippen LogP contribution in [0.5, 0.6) is 5.75 Å². The molecule has 1 heterocycles. The van der Waals surface area contributed by atoms with Crippen LogP contribution >= 0.6 is 0 Å². The molecule has 0 saturated carbocycles. The van der Waals surface area contributed by atoms with Gasteiger partial charge in [-0.05, 0) is 13.3 Å². The maximum Gasteiger partial charge on any atom is 0.162 e. The van der Waals surface area contributed by atoms with Crippen LogP contribution in [0.4, 0.5) is 0 Å². The smallest absolute Gasteiger partial charge is 0.162 e. The molecule has 0 amide bonds. The van der Waals surface area contributed by atoms with Gasteiger partial charge in [0, 0.05) is 13.1 Å². The van der Waals surface area contributed by atoms with Crippen LogP contribution in [0.1, 0.15) is 26.0 Å². The zero-order valence-corrected chi connectivity index (χ0v) is 9.53. The quantitative estimate of drug-likeness (QED) is 0.745. The molecule has 0 spiro atoms. The summed E-state index contributed by atoms with van der Waals surface area (Å²) in [5, 5.41) is 14.3. The van der Waals surface area contributed by atoms with Crippen molar-refractivity contribution in [3.05, 3.63) is 11.9 Å². The maximum absolute atomic E-state index is 10.1. The fourth-order valence-electron chi connectivity index (χ4n) is 1.54. The van der Waals surface area contributed by atoms with Crippen molar-refractivity contribution in [2.75, 3.05) is 13.7 Å². The number of hydrogen-bond donors (Lipinski definition) is 2. The topological polar surface area (TPSA) is 73.3 Å². The first kappa shape index (κ1) is 12.0. The molecule has 15 heavy (non-hydrogen) atoms. The average molecular weight is 213 g/mol. The molecule has 1 atom stereocenters. The minimum absolute atomic E-state index is 0.138. The SMILES string of the molecule is CCCn1ncc(OC)c1C(C)(O)CN. The van der Waals surface area contributed by atoms with Gasteiger partial charge in [0.25, 0.3) is 0 Å². The Labute approximate surface area is 89.8 Å². The Bertz CT molecular complexity index is 320. The number of methoxy groups -OCH3 is 1. The number of aryl methyl sites for hydroxylation is 1. The number of ether oxygens (including phenoxy) is 1. The Morgan fingerprint density at radius 3 is 2.80 bits per heavy atom. The van der Waals surface area contributed by atoms with Crippen LogP contribution in [0, 0.1) is 0 Å². The van der Waals surface area contributed by atoms with E-state index in [9.17, 15) is 5.11 Å². The van der Waals surface area contributed by atoms with Gasteiger partial charge in [-0.15, -0.1) is 0 Å². The van der Waals surface area contributed by atoms with E-state index in [1.807, 2.05) is 0 Å². The van der Waals surface area contributed by atoms with Crippen LogP contribution in [0.15, 0.2) is 6.20 Å². The van der Waals surface area contributed by atoms with Crippen molar-refractivity contribution in [2.24, 2.45) is 5.73 Å². The van der Waals surface area contributed by atoms with Crippen LogP contribution in [-0.2, 0) is 12.1 Å². The molecule has 0 fully saturated rings. The second-order valence-electron chi connectivity index (χ2n) is 3.76. The van der Waals surface area contributed by atoms with Gasteiger partial charge in [-0.3, -0.25) is 4.68 Å². The molecule has 1 aromatic heterocycles. The van der Waals surface area contributed by atoms with Gasteiger partial charge in [-0.2, -0.15) is 5.10 Å². The number of nitrogens with two attached hydrogens (primary N) is 1. The Kier molecular flexibility index (Phi) is 3.71. The first-order valence-electron chi connectivity index (χ1n) is 5.09. The Hall–Kier alpha value is -1.07. The summed E-state index contributed by atoms with van der Waals surface area (Å²) in [7, 11) is 1.56.